The van der Waals surface area contributed by atoms with Crippen molar-refractivity contribution in [1.29, 1.82) is 0 Å². The normalized spacial score (nSPS) is 15.2. The molecule has 2 aromatic heterocycles. The van der Waals surface area contributed by atoms with E-state index >= 15 is 0 Å². The predicted octanol–water partition coefficient (Wildman–Crippen LogP) is 2.38. The van der Waals surface area contributed by atoms with E-state index in [-0.39, 0.29) is 24.0 Å². The van der Waals surface area contributed by atoms with Crippen molar-refractivity contribution in [1.82, 2.24) is 15.2 Å². The van der Waals surface area contributed by atoms with Gasteiger partial charge < -0.3 is 14.6 Å². The molecule has 1 aliphatic heterocycles. The third kappa shape index (κ3) is 4.92. The Morgan fingerprint density at radius 3 is 2.88 bits per heavy atom. The van der Waals surface area contributed by atoms with Crippen LogP contribution >= 0.6 is 11.3 Å². The van der Waals surface area contributed by atoms with Gasteiger partial charge in [0.25, 0.3) is 5.91 Å². The average Bonchev–Trinajstić information content (AvgIpc) is 3.32. The number of carbonyl (C=O) groups is 2. The zero-order valence-electron chi connectivity index (χ0n) is 14.9. The van der Waals surface area contributed by atoms with Crippen LogP contribution < -0.4 is 10.6 Å². The topological polar surface area (TPSA) is 87.5 Å². The number of nitrogens with one attached hydrogen (secondary N) is 2. The second kappa shape index (κ2) is 8.95. The molecule has 1 fully saturated rings. The lowest BCUT2D eigenvalue weighted by molar-refractivity contribution is -0.131. The summed E-state index contributed by atoms with van der Waals surface area (Å²) in [6.45, 7) is 2.67. The van der Waals surface area contributed by atoms with Crippen molar-refractivity contribution in [3.05, 3.63) is 35.2 Å². The summed E-state index contributed by atoms with van der Waals surface area (Å²) < 4.78 is 5.05. The zero-order valence-corrected chi connectivity index (χ0v) is 15.7. The largest absolute Gasteiger partial charge is 0.459 e. The number of hydrogen-bond acceptors (Lipinski definition) is 6. The second-order valence-corrected chi connectivity index (χ2v) is 7.33. The van der Waals surface area contributed by atoms with Gasteiger partial charge in [-0.05, 0) is 50.9 Å². The molecule has 8 heteroatoms. The molecule has 0 saturated carbocycles. The summed E-state index contributed by atoms with van der Waals surface area (Å²) in [6, 6.07) is 3.25. The van der Waals surface area contributed by atoms with Gasteiger partial charge in [-0.2, -0.15) is 0 Å². The van der Waals surface area contributed by atoms with E-state index in [4.69, 9.17) is 4.42 Å². The van der Waals surface area contributed by atoms with Crippen LogP contribution in [0.15, 0.2) is 28.2 Å². The quantitative estimate of drug-likeness (QED) is 0.775. The number of thiazole rings is 1. The maximum absolute atomic E-state index is 12.5. The predicted molar refractivity (Wildman–Crippen MR) is 100 cm³/mol. The van der Waals surface area contributed by atoms with Crippen LogP contribution in [0.1, 0.15) is 35.5 Å². The number of anilines is 1. The highest BCUT2D eigenvalue weighted by molar-refractivity contribution is 7.14. The minimum atomic E-state index is -0.342. The van der Waals surface area contributed by atoms with Crippen molar-refractivity contribution in [2.24, 2.45) is 5.92 Å². The smallest absolute Gasteiger partial charge is 0.293 e. The highest BCUT2D eigenvalue weighted by atomic mass is 32.1. The molecular weight excluding hydrogens is 352 g/mol. The second-order valence-electron chi connectivity index (χ2n) is 6.47. The van der Waals surface area contributed by atoms with E-state index in [0.717, 1.165) is 32.5 Å². The van der Waals surface area contributed by atoms with Crippen LogP contribution in [-0.2, 0) is 11.2 Å². The first-order chi connectivity index (χ1) is 12.7. The zero-order chi connectivity index (χ0) is 18.4. The van der Waals surface area contributed by atoms with Gasteiger partial charge in [-0.15, -0.1) is 11.3 Å². The molecule has 2 amide bonds. The first-order valence-electron chi connectivity index (χ1n) is 8.87. The fourth-order valence-corrected chi connectivity index (χ4v) is 3.80. The number of nitrogens with zero attached hydrogens (tertiary/aromatic N) is 2. The van der Waals surface area contributed by atoms with Crippen LogP contribution in [0.4, 0.5) is 5.13 Å². The average molecular weight is 376 g/mol. The van der Waals surface area contributed by atoms with Gasteiger partial charge in [-0.1, -0.05) is 0 Å². The molecule has 3 rings (SSSR count). The summed E-state index contributed by atoms with van der Waals surface area (Å²) in [6.07, 6.45) is 5.02. The molecule has 0 spiro atoms. The van der Waals surface area contributed by atoms with Crippen molar-refractivity contribution < 1.29 is 14.0 Å². The maximum Gasteiger partial charge on any atom is 0.293 e. The maximum atomic E-state index is 12.5. The van der Waals surface area contributed by atoms with Crippen molar-refractivity contribution in [3.63, 3.8) is 0 Å². The highest BCUT2D eigenvalue weighted by Gasteiger charge is 2.23. The number of rotatable bonds is 7. The summed E-state index contributed by atoms with van der Waals surface area (Å²) in [5.74, 6) is 0.699. The van der Waals surface area contributed by atoms with Crippen molar-refractivity contribution >= 4 is 28.3 Å². The minimum Gasteiger partial charge on any atom is -0.459 e. The van der Waals surface area contributed by atoms with Gasteiger partial charge in [0.15, 0.2) is 10.9 Å². The molecule has 3 heterocycles. The SMILES string of the molecule is CNCCC1CCN(C(=O)Cc2csc(NC(=O)c3ccco3)n2)CC1. The lowest BCUT2D eigenvalue weighted by Crippen LogP contribution is -2.39. The Hall–Kier alpha value is -2.19. The van der Waals surface area contributed by atoms with E-state index in [2.05, 4.69) is 15.6 Å². The number of amides is 2. The Labute approximate surface area is 156 Å². The highest BCUT2D eigenvalue weighted by Crippen LogP contribution is 2.22. The van der Waals surface area contributed by atoms with E-state index in [0.29, 0.717) is 16.7 Å². The minimum absolute atomic E-state index is 0.103. The summed E-state index contributed by atoms with van der Waals surface area (Å²) in [7, 11) is 1.97. The van der Waals surface area contributed by atoms with Crippen LogP contribution in [0.25, 0.3) is 0 Å². The Balaban J connectivity index is 1.47. The fraction of sp³-hybridized carbons (Fsp3) is 0.500. The van der Waals surface area contributed by atoms with Crippen LogP contribution in [0, 0.1) is 5.92 Å². The molecule has 1 aliphatic rings. The van der Waals surface area contributed by atoms with Gasteiger partial charge in [-0.3, -0.25) is 14.9 Å². The molecule has 2 aromatic rings. The number of likely N-dealkylation sites (tertiary alicyclic amines) is 1. The molecule has 0 aliphatic carbocycles. The lowest BCUT2D eigenvalue weighted by Gasteiger charge is -2.32. The van der Waals surface area contributed by atoms with Gasteiger partial charge in [0.1, 0.15) is 0 Å². The van der Waals surface area contributed by atoms with Gasteiger partial charge in [-0.25, -0.2) is 4.98 Å². The summed E-state index contributed by atoms with van der Waals surface area (Å²) in [5, 5.41) is 8.16. The molecule has 1 saturated heterocycles. The van der Waals surface area contributed by atoms with Crippen LogP contribution in [0.5, 0.6) is 0 Å². The van der Waals surface area contributed by atoms with Crippen molar-refractivity contribution in [2.45, 2.75) is 25.7 Å². The molecule has 2 N–H and O–H groups in total. The van der Waals surface area contributed by atoms with Gasteiger partial charge >= 0.3 is 0 Å². The van der Waals surface area contributed by atoms with Crippen LogP contribution in [0.3, 0.4) is 0 Å². The number of piperidine rings is 1. The molecule has 7 nitrogen and oxygen atoms in total. The molecular formula is C18H24N4O3S. The summed E-state index contributed by atoms with van der Waals surface area (Å²) >= 11 is 1.31. The van der Waals surface area contributed by atoms with Crippen LogP contribution in [-0.4, -0.2) is 48.4 Å². The monoisotopic (exact) mass is 376 g/mol. The Kier molecular flexibility index (Phi) is 6.40. The van der Waals surface area contributed by atoms with Crippen molar-refractivity contribution in [3.8, 4) is 0 Å². The standard InChI is InChI=1S/C18H24N4O3S/c1-19-7-4-13-5-8-22(9-6-13)16(23)11-14-12-26-18(20-14)21-17(24)15-3-2-10-25-15/h2-3,10,12-13,19H,4-9,11H2,1H3,(H,20,21,24). The van der Waals surface area contributed by atoms with Gasteiger partial charge in [0.2, 0.25) is 5.91 Å². The molecule has 140 valence electrons. The third-order valence-electron chi connectivity index (χ3n) is 4.62. The summed E-state index contributed by atoms with van der Waals surface area (Å²) in [5.41, 5.74) is 0.687. The number of furan rings is 1. The number of aromatic nitrogens is 1. The molecule has 26 heavy (non-hydrogen) atoms. The fourth-order valence-electron chi connectivity index (χ4n) is 3.10. The lowest BCUT2D eigenvalue weighted by atomic mass is 9.93. The first kappa shape index (κ1) is 18.6. The van der Waals surface area contributed by atoms with E-state index < -0.39 is 0 Å². The molecule has 0 bridgehead atoms. The Morgan fingerprint density at radius 2 is 2.19 bits per heavy atom. The van der Waals surface area contributed by atoms with E-state index in [1.54, 1.807) is 12.1 Å². The van der Waals surface area contributed by atoms with E-state index in [1.165, 1.54) is 24.0 Å². The third-order valence-corrected chi connectivity index (χ3v) is 5.43. The van der Waals surface area contributed by atoms with Crippen LogP contribution in [0.2, 0.25) is 0 Å². The van der Waals surface area contributed by atoms with Gasteiger partial charge in [0, 0.05) is 18.5 Å². The molecule has 0 unspecified atom stereocenters. The van der Waals surface area contributed by atoms with E-state index in [1.807, 2.05) is 17.3 Å². The Morgan fingerprint density at radius 1 is 1.38 bits per heavy atom. The van der Waals surface area contributed by atoms with E-state index in [9.17, 15) is 9.59 Å². The molecule has 0 aromatic carbocycles. The Bertz CT molecular complexity index is 721. The molecule has 0 atom stereocenters. The number of carbonyl (C=O) groups excluding carboxylic acids is 2. The summed E-state index contributed by atoms with van der Waals surface area (Å²) in [4.78, 5) is 30.7. The first-order valence-corrected chi connectivity index (χ1v) is 9.75. The number of hydrogen-bond donors (Lipinski definition) is 2. The van der Waals surface area contributed by atoms with Gasteiger partial charge in [0.05, 0.1) is 18.4 Å². The van der Waals surface area contributed by atoms with Crippen molar-refractivity contribution in [2.75, 3.05) is 32.0 Å². The molecule has 0 radical (unpaired) electrons.